The van der Waals surface area contributed by atoms with Gasteiger partial charge in [-0.3, -0.25) is 10.1 Å². The van der Waals surface area contributed by atoms with E-state index in [1.54, 1.807) is 6.07 Å². The van der Waals surface area contributed by atoms with E-state index >= 15 is 0 Å². The van der Waals surface area contributed by atoms with Gasteiger partial charge in [0.05, 0.1) is 10.9 Å². The summed E-state index contributed by atoms with van der Waals surface area (Å²) in [5.74, 6) is 0.350. The third kappa shape index (κ3) is 1.80. The van der Waals surface area contributed by atoms with Crippen LogP contribution in [-0.2, 0) is 0 Å². The van der Waals surface area contributed by atoms with Crippen molar-refractivity contribution in [2.75, 3.05) is 0 Å². The van der Waals surface area contributed by atoms with Crippen LogP contribution in [0.15, 0.2) is 16.5 Å². The molecule has 0 aromatic carbocycles. The van der Waals surface area contributed by atoms with E-state index in [0.29, 0.717) is 5.76 Å². The van der Waals surface area contributed by atoms with Gasteiger partial charge in [0.1, 0.15) is 10.7 Å². The van der Waals surface area contributed by atoms with Crippen molar-refractivity contribution < 1.29 is 9.34 Å². The number of furan rings is 1. The van der Waals surface area contributed by atoms with Crippen LogP contribution in [0, 0.1) is 10.1 Å². The fourth-order valence-electron chi connectivity index (χ4n) is 0.654. The first kappa shape index (κ1) is 8.26. The number of halogens is 1. The molecule has 4 nitrogen and oxygen atoms in total. The number of alkyl halides is 1. The van der Waals surface area contributed by atoms with Crippen molar-refractivity contribution in [3.63, 3.8) is 0 Å². The number of rotatable bonds is 2. The van der Waals surface area contributed by atoms with Crippen molar-refractivity contribution in [2.45, 2.75) is 11.8 Å². The minimum Gasteiger partial charge on any atom is -0.405 e. The minimum absolute atomic E-state index is 0.0104. The number of hydrogen-bond acceptors (Lipinski definition) is 3. The standard InChI is InChI=1S/C6H6BrNO3/c1-4(7)5-2-3-6(11-5)8(9)10/h2-4H,1H3. The van der Waals surface area contributed by atoms with Gasteiger partial charge >= 0.3 is 5.88 Å². The Morgan fingerprint density at radius 1 is 1.73 bits per heavy atom. The Bertz CT molecular complexity index is 269. The van der Waals surface area contributed by atoms with Crippen LogP contribution in [0.25, 0.3) is 0 Å². The van der Waals surface area contributed by atoms with E-state index in [0.717, 1.165) is 0 Å². The fraction of sp³-hybridized carbons (Fsp3) is 0.333. The van der Waals surface area contributed by atoms with Crippen molar-refractivity contribution in [3.05, 3.63) is 28.0 Å². The summed E-state index contributed by atoms with van der Waals surface area (Å²) in [7, 11) is 0. The van der Waals surface area contributed by atoms with Crippen LogP contribution in [0.3, 0.4) is 0 Å². The van der Waals surface area contributed by atoms with Crippen LogP contribution in [0.1, 0.15) is 17.5 Å². The summed E-state index contributed by atoms with van der Waals surface area (Å²) in [6.45, 7) is 1.84. The van der Waals surface area contributed by atoms with E-state index < -0.39 is 4.92 Å². The fourth-order valence-corrected chi connectivity index (χ4v) is 0.900. The average Bonchev–Trinajstić information content (AvgIpc) is 2.33. The maximum absolute atomic E-state index is 10.1. The van der Waals surface area contributed by atoms with E-state index in [2.05, 4.69) is 15.9 Å². The maximum atomic E-state index is 10.1. The molecule has 0 aliphatic rings. The number of hydrogen-bond donors (Lipinski definition) is 0. The van der Waals surface area contributed by atoms with Crippen LogP contribution < -0.4 is 0 Å². The average molecular weight is 220 g/mol. The predicted octanol–water partition coefficient (Wildman–Crippen LogP) is 2.64. The van der Waals surface area contributed by atoms with Crippen LogP contribution in [-0.4, -0.2) is 4.92 Å². The molecule has 11 heavy (non-hydrogen) atoms. The molecule has 1 aromatic heterocycles. The summed E-state index contributed by atoms with van der Waals surface area (Å²) < 4.78 is 4.86. The molecule has 1 rings (SSSR count). The first-order chi connectivity index (χ1) is 5.11. The van der Waals surface area contributed by atoms with Gasteiger partial charge in [-0.05, 0) is 13.0 Å². The Morgan fingerprint density at radius 3 is 2.64 bits per heavy atom. The molecule has 0 aliphatic heterocycles. The Kier molecular flexibility index (Phi) is 2.28. The van der Waals surface area contributed by atoms with Gasteiger partial charge < -0.3 is 4.42 Å². The van der Waals surface area contributed by atoms with Crippen LogP contribution in [0.4, 0.5) is 5.88 Å². The van der Waals surface area contributed by atoms with Crippen LogP contribution in [0.5, 0.6) is 0 Å². The second-order valence-electron chi connectivity index (χ2n) is 2.05. The van der Waals surface area contributed by atoms with Crippen molar-refractivity contribution in [1.82, 2.24) is 0 Å². The van der Waals surface area contributed by atoms with Crippen molar-refractivity contribution in [3.8, 4) is 0 Å². The highest BCUT2D eigenvalue weighted by atomic mass is 79.9. The molecular formula is C6H6BrNO3. The van der Waals surface area contributed by atoms with Gasteiger partial charge in [-0.15, -0.1) is 0 Å². The minimum atomic E-state index is -0.557. The summed E-state index contributed by atoms with van der Waals surface area (Å²) in [6.07, 6.45) is 0. The molecule has 0 fully saturated rings. The second-order valence-corrected chi connectivity index (χ2v) is 3.42. The van der Waals surface area contributed by atoms with Gasteiger partial charge in [0.15, 0.2) is 0 Å². The second kappa shape index (κ2) is 3.04. The summed E-state index contributed by atoms with van der Waals surface area (Å²) in [4.78, 5) is 9.59. The largest absolute Gasteiger partial charge is 0.433 e. The zero-order chi connectivity index (χ0) is 8.43. The highest BCUT2D eigenvalue weighted by Gasteiger charge is 2.13. The quantitative estimate of drug-likeness (QED) is 0.437. The molecule has 0 saturated carbocycles. The van der Waals surface area contributed by atoms with E-state index in [1.807, 2.05) is 6.92 Å². The topological polar surface area (TPSA) is 56.3 Å². The number of nitrogens with zero attached hydrogens (tertiary/aromatic N) is 1. The Morgan fingerprint density at radius 2 is 2.36 bits per heavy atom. The molecular weight excluding hydrogens is 214 g/mol. The molecule has 0 aliphatic carbocycles. The first-order valence-electron chi connectivity index (χ1n) is 2.99. The third-order valence-corrected chi connectivity index (χ3v) is 1.64. The van der Waals surface area contributed by atoms with Gasteiger partial charge in [0.2, 0.25) is 0 Å². The van der Waals surface area contributed by atoms with Crippen LogP contribution >= 0.6 is 15.9 Å². The molecule has 0 amide bonds. The molecule has 1 heterocycles. The molecule has 0 bridgehead atoms. The maximum Gasteiger partial charge on any atom is 0.433 e. The summed E-state index contributed by atoms with van der Waals surface area (Å²) in [5.41, 5.74) is 0. The van der Waals surface area contributed by atoms with Crippen molar-refractivity contribution >= 4 is 21.8 Å². The highest BCUT2D eigenvalue weighted by Crippen LogP contribution is 2.26. The molecule has 0 N–H and O–H groups in total. The molecule has 60 valence electrons. The van der Waals surface area contributed by atoms with Crippen LogP contribution in [0.2, 0.25) is 0 Å². The molecule has 0 spiro atoms. The molecule has 0 saturated heterocycles. The van der Waals surface area contributed by atoms with E-state index in [-0.39, 0.29) is 10.7 Å². The van der Waals surface area contributed by atoms with Crippen molar-refractivity contribution in [1.29, 1.82) is 0 Å². The number of nitro groups is 1. The normalized spacial score (nSPS) is 12.9. The van der Waals surface area contributed by atoms with Gasteiger partial charge in [-0.2, -0.15) is 0 Å². The van der Waals surface area contributed by atoms with Gasteiger partial charge in [0.25, 0.3) is 0 Å². The summed E-state index contributed by atoms with van der Waals surface area (Å²) in [6, 6.07) is 2.92. The lowest BCUT2D eigenvalue weighted by atomic mass is 10.4. The zero-order valence-corrected chi connectivity index (χ0v) is 7.37. The zero-order valence-electron chi connectivity index (χ0n) is 5.78. The summed E-state index contributed by atoms with van der Waals surface area (Å²) in [5, 5.41) is 10.1. The molecule has 1 aromatic rings. The molecule has 5 heteroatoms. The van der Waals surface area contributed by atoms with Gasteiger partial charge in [-0.1, -0.05) is 15.9 Å². The third-order valence-electron chi connectivity index (χ3n) is 1.18. The monoisotopic (exact) mass is 219 g/mol. The predicted molar refractivity (Wildman–Crippen MR) is 42.7 cm³/mol. The van der Waals surface area contributed by atoms with Gasteiger partial charge in [0, 0.05) is 0 Å². The van der Waals surface area contributed by atoms with E-state index in [9.17, 15) is 10.1 Å². The molecule has 1 atom stereocenters. The van der Waals surface area contributed by atoms with Gasteiger partial charge in [-0.25, -0.2) is 0 Å². The Balaban J connectivity index is 2.90. The van der Waals surface area contributed by atoms with E-state index in [4.69, 9.17) is 4.42 Å². The lowest BCUT2D eigenvalue weighted by Crippen LogP contribution is -1.83. The first-order valence-corrected chi connectivity index (χ1v) is 3.91. The summed E-state index contributed by atoms with van der Waals surface area (Å²) >= 11 is 3.23. The smallest absolute Gasteiger partial charge is 0.405 e. The van der Waals surface area contributed by atoms with E-state index in [1.165, 1.54) is 6.07 Å². The lowest BCUT2D eigenvalue weighted by molar-refractivity contribution is -0.402. The molecule has 1 unspecified atom stereocenters. The molecule has 0 radical (unpaired) electrons. The lowest BCUT2D eigenvalue weighted by Gasteiger charge is -1.93. The van der Waals surface area contributed by atoms with Crippen molar-refractivity contribution in [2.24, 2.45) is 0 Å². The SMILES string of the molecule is CC(Br)c1ccc([N+](=O)[O-])o1. The Labute approximate surface area is 71.5 Å². The highest BCUT2D eigenvalue weighted by molar-refractivity contribution is 9.09. The Hall–Kier alpha value is -0.840.